The highest BCUT2D eigenvalue weighted by molar-refractivity contribution is 7.98. The molecule has 5 rings (SSSR count). The Hall–Kier alpha value is -3.60. The molecule has 0 amide bonds. The summed E-state index contributed by atoms with van der Waals surface area (Å²) in [6.45, 7) is 7.86. The Morgan fingerprint density at radius 2 is 1.86 bits per heavy atom. The van der Waals surface area contributed by atoms with E-state index in [1.54, 1.807) is 42.3 Å². The maximum absolute atomic E-state index is 13.6. The second kappa shape index (κ2) is 13.6. The second-order valence-corrected chi connectivity index (χ2v) is 12.3. The number of ether oxygens (including phenoxy) is 2. The molecule has 1 saturated heterocycles. The summed E-state index contributed by atoms with van der Waals surface area (Å²) in [5, 5.41) is 10.0. The van der Waals surface area contributed by atoms with E-state index in [1.807, 2.05) is 37.3 Å². The zero-order chi connectivity index (χ0) is 29.6. The summed E-state index contributed by atoms with van der Waals surface area (Å²) in [5.74, 6) is 0.910. The van der Waals surface area contributed by atoms with Crippen LogP contribution in [0.3, 0.4) is 0 Å². The van der Waals surface area contributed by atoms with Crippen LogP contribution >= 0.6 is 23.1 Å². The van der Waals surface area contributed by atoms with Crippen molar-refractivity contribution < 1.29 is 23.8 Å². The molecule has 3 aromatic carbocycles. The van der Waals surface area contributed by atoms with Crippen LogP contribution in [0, 0.1) is 12.7 Å². The van der Waals surface area contributed by atoms with Gasteiger partial charge in [-0.3, -0.25) is 4.90 Å². The Balaban J connectivity index is 1.29. The third-order valence-electron chi connectivity index (χ3n) is 7.20. The van der Waals surface area contributed by atoms with Gasteiger partial charge in [-0.2, -0.15) is 0 Å². The molecule has 220 valence electrons. The number of aliphatic carboxylic acids is 1. The number of aryl methyl sites for hydroxylation is 1. The average Bonchev–Trinajstić information content (AvgIpc) is 3.40. The number of methoxy groups -OCH3 is 1. The van der Waals surface area contributed by atoms with Gasteiger partial charge in [0.2, 0.25) is 0 Å². The predicted molar refractivity (Wildman–Crippen MR) is 166 cm³/mol. The van der Waals surface area contributed by atoms with Gasteiger partial charge >= 0.3 is 5.97 Å². The molecule has 1 N–H and O–H groups in total. The number of halogens is 1. The summed E-state index contributed by atoms with van der Waals surface area (Å²) in [7, 11) is 1.69. The Morgan fingerprint density at radius 1 is 1.10 bits per heavy atom. The van der Waals surface area contributed by atoms with Crippen molar-refractivity contribution in [1.29, 1.82) is 0 Å². The van der Waals surface area contributed by atoms with E-state index < -0.39 is 12.1 Å². The Morgan fingerprint density at radius 3 is 2.55 bits per heavy atom. The lowest BCUT2D eigenvalue weighted by molar-refractivity contribution is -0.144. The molecule has 1 aromatic heterocycles. The number of carbonyl (C=O) groups is 1. The molecular formula is C32H34FN3O4S2. The van der Waals surface area contributed by atoms with Gasteiger partial charge in [0.1, 0.15) is 22.3 Å². The Kier molecular flexibility index (Phi) is 9.66. The van der Waals surface area contributed by atoms with Crippen molar-refractivity contribution in [2.75, 3.05) is 38.2 Å². The number of benzene rings is 3. The molecule has 1 unspecified atom stereocenters. The van der Waals surface area contributed by atoms with E-state index in [-0.39, 0.29) is 5.82 Å². The van der Waals surface area contributed by atoms with Gasteiger partial charge in [0.25, 0.3) is 0 Å². The largest absolute Gasteiger partial charge is 0.497 e. The van der Waals surface area contributed by atoms with Crippen molar-refractivity contribution in [1.82, 2.24) is 9.88 Å². The molecule has 0 spiro atoms. The van der Waals surface area contributed by atoms with Crippen LogP contribution in [0.15, 0.2) is 71.6 Å². The SMILES string of the molecule is COc1cccc(N2CCN(Cc3nc(-c4ccc(F)cc4)sc3CSc3ccc(OC(C)C(=O)O)c(C)c3)CC2)c1. The van der Waals surface area contributed by atoms with E-state index in [4.69, 9.17) is 19.6 Å². The second-order valence-electron chi connectivity index (χ2n) is 10.2. The van der Waals surface area contributed by atoms with Crippen LogP contribution in [0.25, 0.3) is 10.6 Å². The number of anilines is 1. The number of thioether (sulfide) groups is 1. The van der Waals surface area contributed by atoms with Gasteiger partial charge < -0.3 is 19.5 Å². The molecule has 2 heterocycles. The molecule has 4 aromatic rings. The van der Waals surface area contributed by atoms with E-state index in [1.165, 1.54) is 29.6 Å². The highest BCUT2D eigenvalue weighted by atomic mass is 32.2. The minimum absolute atomic E-state index is 0.263. The number of carboxylic acids is 1. The van der Waals surface area contributed by atoms with Gasteiger partial charge in [0, 0.05) is 65.6 Å². The molecule has 0 saturated carbocycles. The fourth-order valence-corrected chi connectivity index (χ4v) is 6.92. The average molecular weight is 608 g/mol. The number of hydrogen-bond acceptors (Lipinski definition) is 8. The standard InChI is InChI=1S/C32H34FN3O4S2/c1-21-17-27(11-12-29(21)40-22(2)32(37)38)41-20-30-28(34-31(42-30)23-7-9-24(33)10-8-23)19-35-13-15-36(16-14-35)25-5-4-6-26(18-25)39-3/h4-12,17-18,22H,13-16,19-20H2,1-3H3,(H,37,38). The molecule has 7 nitrogen and oxygen atoms in total. The summed E-state index contributed by atoms with van der Waals surface area (Å²) in [6, 6.07) is 20.5. The maximum Gasteiger partial charge on any atom is 0.344 e. The summed E-state index contributed by atoms with van der Waals surface area (Å²) in [6.07, 6.45) is -0.913. The number of nitrogens with zero attached hydrogens (tertiary/aromatic N) is 3. The molecule has 1 aliphatic rings. The van der Waals surface area contributed by atoms with Crippen LogP contribution in [-0.2, 0) is 17.1 Å². The maximum atomic E-state index is 13.6. The van der Waals surface area contributed by atoms with E-state index in [0.717, 1.165) is 71.0 Å². The monoisotopic (exact) mass is 607 g/mol. The van der Waals surface area contributed by atoms with Gasteiger partial charge in [-0.05, 0) is 74.0 Å². The summed E-state index contributed by atoms with van der Waals surface area (Å²) in [5.41, 5.74) is 4.02. The number of rotatable bonds is 11. The first-order chi connectivity index (χ1) is 20.3. The van der Waals surface area contributed by atoms with E-state index in [2.05, 4.69) is 21.9 Å². The van der Waals surface area contributed by atoms with Crippen LogP contribution in [0.4, 0.5) is 10.1 Å². The highest BCUT2D eigenvalue weighted by Crippen LogP contribution is 2.35. The number of carboxylic acid groups (broad SMARTS) is 1. The van der Waals surface area contributed by atoms with Crippen LogP contribution in [0.5, 0.6) is 11.5 Å². The van der Waals surface area contributed by atoms with Crippen molar-refractivity contribution in [2.45, 2.75) is 37.1 Å². The van der Waals surface area contributed by atoms with Crippen LogP contribution in [0.2, 0.25) is 0 Å². The van der Waals surface area contributed by atoms with E-state index >= 15 is 0 Å². The summed E-state index contributed by atoms with van der Waals surface area (Å²) < 4.78 is 24.6. The highest BCUT2D eigenvalue weighted by Gasteiger charge is 2.22. The minimum atomic E-state index is -0.996. The van der Waals surface area contributed by atoms with Crippen LogP contribution in [0.1, 0.15) is 23.1 Å². The normalized spacial score (nSPS) is 14.5. The number of thiazole rings is 1. The zero-order valence-electron chi connectivity index (χ0n) is 23.9. The van der Waals surface area contributed by atoms with Gasteiger partial charge in [-0.25, -0.2) is 14.2 Å². The molecule has 1 fully saturated rings. The first-order valence-corrected chi connectivity index (χ1v) is 15.6. The van der Waals surface area contributed by atoms with Crippen molar-refractivity contribution >= 4 is 34.8 Å². The van der Waals surface area contributed by atoms with E-state index in [0.29, 0.717) is 5.75 Å². The third-order valence-corrected chi connectivity index (χ3v) is 9.55. The Bertz CT molecular complexity index is 1520. The quantitative estimate of drug-likeness (QED) is 0.188. The zero-order valence-corrected chi connectivity index (χ0v) is 25.5. The van der Waals surface area contributed by atoms with Gasteiger partial charge in [0.15, 0.2) is 6.10 Å². The summed E-state index contributed by atoms with van der Waals surface area (Å²) in [4.78, 5) is 23.3. The first-order valence-electron chi connectivity index (χ1n) is 13.8. The molecule has 0 bridgehead atoms. The molecule has 42 heavy (non-hydrogen) atoms. The third kappa shape index (κ3) is 7.42. The van der Waals surface area contributed by atoms with Crippen molar-refractivity contribution in [3.05, 3.63) is 88.7 Å². The Labute approximate surface area is 253 Å². The lowest BCUT2D eigenvalue weighted by Gasteiger charge is -2.36. The molecule has 1 aliphatic heterocycles. The van der Waals surface area contributed by atoms with Crippen molar-refractivity contribution in [2.24, 2.45) is 0 Å². The molecule has 1 atom stereocenters. The fourth-order valence-electron chi connectivity index (χ4n) is 4.75. The number of hydrogen-bond donors (Lipinski definition) is 1. The molecule has 0 radical (unpaired) electrons. The minimum Gasteiger partial charge on any atom is -0.497 e. The lowest BCUT2D eigenvalue weighted by atomic mass is 10.2. The van der Waals surface area contributed by atoms with Gasteiger partial charge in [-0.15, -0.1) is 23.1 Å². The van der Waals surface area contributed by atoms with E-state index in [9.17, 15) is 9.18 Å². The number of piperazine rings is 1. The van der Waals surface area contributed by atoms with Crippen LogP contribution < -0.4 is 14.4 Å². The fraction of sp³-hybridized carbons (Fsp3) is 0.312. The first kappa shape index (κ1) is 29.9. The molecule has 10 heteroatoms. The topological polar surface area (TPSA) is 75.1 Å². The van der Waals surface area contributed by atoms with Crippen molar-refractivity contribution in [3.8, 4) is 22.1 Å². The van der Waals surface area contributed by atoms with Gasteiger partial charge in [-0.1, -0.05) is 6.07 Å². The smallest absolute Gasteiger partial charge is 0.344 e. The van der Waals surface area contributed by atoms with Crippen molar-refractivity contribution in [3.63, 3.8) is 0 Å². The van der Waals surface area contributed by atoms with Crippen LogP contribution in [-0.4, -0.2) is 60.4 Å². The molecular weight excluding hydrogens is 574 g/mol. The predicted octanol–water partition coefficient (Wildman–Crippen LogP) is 6.73. The summed E-state index contributed by atoms with van der Waals surface area (Å²) >= 11 is 3.36. The lowest BCUT2D eigenvalue weighted by Crippen LogP contribution is -2.46. The molecule has 0 aliphatic carbocycles. The van der Waals surface area contributed by atoms with Gasteiger partial charge in [0.05, 0.1) is 12.8 Å². The number of aromatic nitrogens is 1.